The summed E-state index contributed by atoms with van der Waals surface area (Å²) in [5.74, 6) is 1.27. The van der Waals surface area contributed by atoms with Crippen LogP contribution in [0.1, 0.15) is 11.5 Å². The van der Waals surface area contributed by atoms with Gasteiger partial charge in [-0.1, -0.05) is 23.4 Å². The van der Waals surface area contributed by atoms with E-state index in [-0.39, 0.29) is 0 Å². The van der Waals surface area contributed by atoms with E-state index in [1.165, 1.54) is 5.56 Å². The Hall–Kier alpha value is -2.34. The third-order valence-electron chi connectivity index (χ3n) is 3.65. The van der Waals surface area contributed by atoms with Crippen LogP contribution in [0.2, 0.25) is 0 Å². The highest BCUT2D eigenvalue weighted by atomic mass is 32.1. The minimum atomic E-state index is 0.597. The highest BCUT2D eigenvalue weighted by molar-refractivity contribution is 7.13. The molecule has 5 nitrogen and oxygen atoms in total. The first-order chi connectivity index (χ1) is 10.3. The molecule has 1 aliphatic rings. The molecule has 21 heavy (non-hydrogen) atoms. The van der Waals surface area contributed by atoms with E-state index in [0.29, 0.717) is 18.3 Å². The molecular formula is C15H14N4OS. The first kappa shape index (κ1) is 12.4. The van der Waals surface area contributed by atoms with Crippen molar-refractivity contribution in [3.05, 3.63) is 47.2 Å². The van der Waals surface area contributed by atoms with Crippen molar-refractivity contribution < 1.29 is 4.52 Å². The van der Waals surface area contributed by atoms with E-state index in [1.807, 2.05) is 29.6 Å². The third-order valence-corrected chi connectivity index (χ3v) is 4.52. The molecule has 0 unspecified atom stereocenters. The van der Waals surface area contributed by atoms with Gasteiger partial charge in [-0.2, -0.15) is 4.98 Å². The summed E-state index contributed by atoms with van der Waals surface area (Å²) in [6.07, 6.45) is 1.01. The number of hydrogen-bond acceptors (Lipinski definition) is 6. The van der Waals surface area contributed by atoms with Crippen molar-refractivity contribution in [3.63, 3.8) is 0 Å². The molecule has 2 N–H and O–H groups in total. The Balaban J connectivity index is 1.59. The Bertz CT molecular complexity index is 766. The van der Waals surface area contributed by atoms with Crippen LogP contribution in [0.3, 0.4) is 0 Å². The van der Waals surface area contributed by atoms with Gasteiger partial charge in [0.25, 0.3) is 0 Å². The predicted molar refractivity (Wildman–Crippen MR) is 83.2 cm³/mol. The molecule has 0 atom stereocenters. The highest BCUT2D eigenvalue weighted by Crippen LogP contribution is 2.34. The summed E-state index contributed by atoms with van der Waals surface area (Å²) in [6.45, 7) is 1.53. The second-order valence-electron chi connectivity index (χ2n) is 5.02. The Morgan fingerprint density at radius 1 is 1.29 bits per heavy atom. The van der Waals surface area contributed by atoms with Crippen molar-refractivity contribution in [1.82, 2.24) is 10.1 Å². The summed E-state index contributed by atoms with van der Waals surface area (Å²) in [7, 11) is 0. The number of fused-ring (bicyclic) bond motifs is 1. The molecule has 0 fully saturated rings. The summed E-state index contributed by atoms with van der Waals surface area (Å²) >= 11 is 1.60. The topological polar surface area (TPSA) is 68.2 Å². The molecule has 0 bridgehead atoms. The molecule has 1 aliphatic heterocycles. The van der Waals surface area contributed by atoms with Crippen LogP contribution >= 0.6 is 11.3 Å². The van der Waals surface area contributed by atoms with E-state index >= 15 is 0 Å². The van der Waals surface area contributed by atoms with Gasteiger partial charge in [0.2, 0.25) is 11.7 Å². The molecule has 0 spiro atoms. The average molecular weight is 298 g/mol. The molecule has 6 heteroatoms. The van der Waals surface area contributed by atoms with Crippen LogP contribution in [-0.2, 0) is 13.0 Å². The van der Waals surface area contributed by atoms with Crippen molar-refractivity contribution in [1.29, 1.82) is 0 Å². The summed E-state index contributed by atoms with van der Waals surface area (Å²) in [4.78, 5) is 7.69. The van der Waals surface area contributed by atoms with Gasteiger partial charge in [-0.15, -0.1) is 11.3 Å². The van der Waals surface area contributed by atoms with E-state index in [9.17, 15) is 0 Å². The zero-order valence-electron chi connectivity index (χ0n) is 11.3. The molecule has 2 aromatic heterocycles. The molecule has 0 saturated carbocycles. The number of anilines is 2. The maximum atomic E-state index is 6.09. The van der Waals surface area contributed by atoms with Crippen LogP contribution in [0.25, 0.3) is 10.7 Å². The number of nitrogen functional groups attached to an aromatic ring is 1. The van der Waals surface area contributed by atoms with Crippen LogP contribution in [0.5, 0.6) is 0 Å². The first-order valence-electron chi connectivity index (χ1n) is 6.80. The Morgan fingerprint density at radius 2 is 2.24 bits per heavy atom. The minimum Gasteiger partial charge on any atom is -0.397 e. The van der Waals surface area contributed by atoms with Crippen LogP contribution in [0.15, 0.2) is 40.2 Å². The summed E-state index contributed by atoms with van der Waals surface area (Å²) in [5.41, 5.74) is 9.29. The fourth-order valence-corrected chi connectivity index (χ4v) is 3.36. The zero-order chi connectivity index (χ0) is 14.2. The van der Waals surface area contributed by atoms with E-state index in [0.717, 1.165) is 29.2 Å². The summed E-state index contributed by atoms with van der Waals surface area (Å²) < 4.78 is 5.37. The molecule has 3 heterocycles. The number of rotatable bonds is 3. The molecular weight excluding hydrogens is 284 g/mol. The number of thiophene rings is 1. The maximum absolute atomic E-state index is 6.09. The van der Waals surface area contributed by atoms with Gasteiger partial charge in [-0.05, 0) is 29.5 Å². The van der Waals surface area contributed by atoms with Gasteiger partial charge in [0.15, 0.2) is 0 Å². The minimum absolute atomic E-state index is 0.597. The Labute approximate surface area is 126 Å². The van der Waals surface area contributed by atoms with Crippen molar-refractivity contribution in [3.8, 4) is 10.7 Å². The van der Waals surface area contributed by atoms with Gasteiger partial charge >= 0.3 is 0 Å². The molecule has 0 radical (unpaired) electrons. The highest BCUT2D eigenvalue weighted by Gasteiger charge is 2.23. The molecule has 0 aliphatic carbocycles. The second kappa shape index (κ2) is 4.89. The number of para-hydroxylation sites is 1. The SMILES string of the molecule is Nc1cccc2c1N(Cc1nc(-c3cccs3)no1)CC2. The van der Waals surface area contributed by atoms with Crippen LogP contribution in [-0.4, -0.2) is 16.7 Å². The lowest BCUT2D eigenvalue weighted by Crippen LogP contribution is -2.20. The largest absolute Gasteiger partial charge is 0.397 e. The van der Waals surface area contributed by atoms with E-state index in [1.54, 1.807) is 11.3 Å². The molecule has 1 aromatic carbocycles. The predicted octanol–water partition coefficient (Wildman–Crippen LogP) is 2.94. The van der Waals surface area contributed by atoms with Crippen molar-refractivity contribution in [2.24, 2.45) is 0 Å². The van der Waals surface area contributed by atoms with Gasteiger partial charge in [0.1, 0.15) is 0 Å². The van der Waals surface area contributed by atoms with Crippen LogP contribution in [0, 0.1) is 0 Å². The van der Waals surface area contributed by atoms with E-state index in [4.69, 9.17) is 10.3 Å². The fraction of sp³-hybridized carbons (Fsp3) is 0.200. The molecule has 0 amide bonds. The lowest BCUT2D eigenvalue weighted by molar-refractivity contribution is 0.377. The maximum Gasteiger partial charge on any atom is 0.246 e. The average Bonchev–Trinajstić information content (AvgIpc) is 3.19. The Morgan fingerprint density at radius 3 is 3.10 bits per heavy atom. The number of nitrogens with two attached hydrogens (primary N) is 1. The van der Waals surface area contributed by atoms with Gasteiger partial charge < -0.3 is 15.2 Å². The summed E-state index contributed by atoms with van der Waals surface area (Å²) in [5, 5.41) is 6.05. The van der Waals surface area contributed by atoms with Gasteiger partial charge in [0, 0.05) is 6.54 Å². The first-order valence-corrected chi connectivity index (χ1v) is 7.68. The van der Waals surface area contributed by atoms with Crippen molar-refractivity contribution >= 4 is 22.7 Å². The quantitative estimate of drug-likeness (QED) is 0.753. The Kier molecular flexibility index (Phi) is 2.89. The fourth-order valence-electron chi connectivity index (χ4n) is 2.71. The zero-order valence-corrected chi connectivity index (χ0v) is 12.1. The molecule has 4 rings (SSSR count). The number of hydrogen-bond donors (Lipinski definition) is 1. The van der Waals surface area contributed by atoms with E-state index < -0.39 is 0 Å². The lowest BCUT2D eigenvalue weighted by Gasteiger charge is -2.18. The monoisotopic (exact) mass is 298 g/mol. The van der Waals surface area contributed by atoms with Crippen molar-refractivity contribution in [2.75, 3.05) is 17.2 Å². The number of nitrogens with zero attached hydrogens (tertiary/aromatic N) is 3. The summed E-state index contributed by atoms with van der Waals surface area (Å²) in [6, 6.07) is 10.0. The van der Waals surface area contributed by atoms with E-state index in [2.05, 4.69) is 21.1 Å². The van der Waals surface area contributed by atoms with Gasteiger partial charge in [-0.25, -0.2) is 0 Å². The molecule has 3 aromatic rings. The lowest BCUT2D eigenvalue weighted by atomic mass is 10.1. The number of benzene rings is 1. The molecule has 0 saturated heterocycles. The van der Waals surface area contributed by atoms with Crippen molar-refractivity contribution in [2.45, 2.75) is 13.0 Å². The smallest absolute Gasteiger partial charge is 0.246 e. The van der Waals surface area contributed by atoms with Gasteiger partial charge in [-0.3, -0.25) is 0 Å². The standard InChI is InChI=1S/C15H14N4OS/c16-11-4-1-3-10-6-7-19(14(10)11)9-13-17-15(18-20-13)12-5-2-8-21-12/h1-5,8H,6-7,9,16H2. The number of aromatic nitrogens is 2. The third kappa shape index (κ3) is 2.17. The van der Waals surface area contributed by atoms with Gasteiger partial charge in [0.05, 0.1) is 22.8 Å². The second-order valence-corrected chi connectivity index (χ2v) is 5.96. The van der Waals surface area contributed by atoms with Crippen LogP contribution < -0.4 is 10.6 Å². The van der Waals surface area contributed by atoms with Crippen LogP contribution in [0.4, 0.5) is 11.4 Å². The normalized spacial score (nSPS) is 13.6. The molecule has 106 valence electrons.